The average Bonchev–Trinajstić information content (AvgIpc) is 2.94. The predicted molar refractivity (Wildman–Crippen MR) is 82.3 cm³/mol. The summed E-state index contributed by atoms with van der Waals surface area (Å²) in [5.41, 5.74) is 1.96. The molecule has 116 valence electrons. The Bertz CT molecular complexity index is 641. The van der Waals surface area contributed by atoms with E-state index in [1.54, 1.807) is 0 Å². The molecule has 22 heavy (non-hydrogen) atoms. The number of hydrogen-bond donors (Lipinski definition) is 1. The van der Waals surface area contributed by atoms with Crippen molar-refractivity contribution >= 4 is 22.4 Å². The number of rotatable bonds is 5. The molecular formula is C15H15F2N3OS. The lowest BCUT2D eigenvalue weighted by Crippen LogP contribution is -2.54. The van der Waals surface area contributed by atoms with Crippen molar-refractivity contribution in [3.05, 3.63) is 35.7 Å². The zero-order chi connectivity index (χ0) is 15.5. The number of aromatic nitrogens is 1. The highest BCUT2D eigenvalue weighted by Gasteiger charge is 2.34. The summed E-state index contributed by atoms with van der Waals surface area (Å²) in [4.78, 5) is 18.2. The van der Waals surface area contributed by atoms with Gasteiger partial charge in [0.15, 0.2) is 5.13 Å². The first-order valence-electron chi connectivity index (χ1n) is 6.95. The fraction of sp³-hybridized carbons (Fsp3) is 0.333. The molecule has 1 aliphatic heterocycles. The average molecular weight is 323 g/mol. The number of nitrogens with one attached hydrogen (secondary N) is 1. The largest absolute Gasteiger partial charge is 0.350 e. The van der Waals surface area contributed by atoms with E-state index in [1.807, 2.05) is 40.6 Å². The highest BCUT2D eigenvalue weighted by atomic mass is 32.1. The molecule has 0 saturated carbocycles. The minimum absolute atomic E-state index is 0.233. The molecule has 0 aliphatic carbocycles. The van der Waals surface area contributed by atoms with Crippen LogP contribution in [0.3, 0.4) is 0 Å². The van der Waals surface area contributed by atoms with Crippen molar-refractivity contribution < 1.29 is 13.6 Å². The monoisotopic (exact) mass is 323 g/mol. The van der Waals surface area contributed by atoms with Gasteiger partial charge in [0.25, 0.3) is 6.43 Å². The summed E-state index contributed by atoms with van der Waals surface area (Å²) < 4.78 is 24.1. The second-order valence-electron chi connectivity index (χ2n) is 5.12. The molecule has 0 bridgehead atoms. The Hall–Kier alpha value is -2.02. The molecule has 1 fully saturated rings. The molecule has 0 atom stereocenters. The first kappa shape index (κ1) is 14.9. The summed E-state index contributed by atoms with van der Waals surface area (Å²) in [6.45, 7) is 0.471. The molecular weight excluding hydrogens is 308 g/mol. The van der Waals surface area contributed by atoms with E-state index in [4.69, 9.17) is 0 Å². The van der Waals surface area contributed by atoms with Crippen molar-refractivity contribution in [2.45, 2.75) is 6.43 Å². The van der Waals surface area contributed by atoms with Crippen LogP contribution in [-0.2, 0) is 4.79 Å². The Morgan fingerprint density at radius 3 is 2.77 bits per heavy atom. The number of halogens is 2. The van der Waals surface area contributed by atoms with E-state index in [0.29, 0.717) is 13.1 Å². The molecule has 2 heterocycles. The maximum atomic E-state index is 12.1. The Morgan fingerprint density at radius 1 is 1.36 bits per heavy atom. The molecule has 4 nitrogen and oxygen atoms in total. The van der Waals surface area contributed by atoms with Crippen LogP contribution >= 0.6 is 11.3 Å². The van der Waals surface area contributed by atoms with E-state index in [9.17, 15) is 13.6 Å². The molecule has 1 saturated heterocycles. The van der Waals surface area contributed by atoms with Crippen molar-refractivity contribution in [2.75, 3.05) is 24.5 Å². The van der Waals surface area contributed by atoms with Crippen LogP contribution in [-0.4, -0.2) is 37.0 Å². The summed E-state index contributed by atoms with van der Waals surface area (Å²) in [5, 5.41) is 5.09. The van der Waals surface area contributed by atoms with E-state index in [2.05, 4.69) is 10.3 Å². The molecule has 1 aliphatic rings. The number of carbonyl (C=O) groups is 1. The molecule has 3 rings (SSSR count). The molecule has 1 N–H and O–H groups in total. The van der Waals surface area contributed by atoms with E-state index >= 15 is 0 Å². The first-order valence-corrected chi connectivity index (χ1v) is 7.83. The molecule has 1 aromatic carbocycles. The van der Waals surface area contributed by atoms with Gasteiger partial charge in [-0.2, -0.15) is 0 Å². The Kier molecular flexibility index (Phi) is 4.33. The van der Waals surface area contributed by atoms with Gasteiger partial charge in [-0.1, -0.05) is 30.3 Å². The SMILES string of the molecule is O=C(NCC(F)F)C1CN(c2nc(-c3ccccc3)cs2)C1. The quantitative estimate of drug-likeness (QED) is 0.920. The maximum absolute atomic E-state index is 12.1. The van der Waals surface area contributed by atoms with Gasteiger partial charge in [0.05, 0.1) is 18.2 Å². The number of amides is 1. The van der Waals surface area contributed by atoms with E-state index in [0.717, 1.165) is 16.4 Å². The van der Waals surface area contributed by atoms with Crippen LogP contribution in [0.25, 0.3) is 11.3 Å². The zero-order valence-corrected chi connectivity index (χ0v) is 12.5. The Labute approximate surface area is 130 Å². The highest BCUT2D eigenvalue weighted by molar-refractivity contribution is 7.14. The van der Waals surface area contributed by atoms with Gasteiger partial charge in [-0.25, -0.2) is 13.8 Å². The van der Waals surface area contributed by atoms with Gasteiger partial charge >= 0.3 is 0 Å². The lowest BCUT2D eigenvalue weighted by molar-refractivity contribution is -0.126. The smallest absolute Gasteiger partial charge is 0.255 e. The third-order valence-corrected chi connectivity index (χ3v) is 4.42. The molecule has 1 aromatic heterocycles. The fourth-order valence-corrected chi connectivity index (χ4v) is 3.13. The van der Waals surface area contributed by atoms with Crippen LogP contribution in [0.5, 0.6) is 0 Å². The summed E-state index contributed by atoms with van der Waals surface area (Å²) in [7, 11) is 0. The summed E-state index contributed by atoms with van der Waals surface area (Å²) in [5.74, 6) is -0.542. The Balaban J connectivity index is 1.55. The van der Waals surface area contributed by atoms with Gasteiger partial charge in [0.1, 0.15) is 0 Å². The second-order valence-corrected chi connectivity index (χ2v) is 5.96. The van der Waals surface area contributed by atoms with Crippen molar-refractivity contribution in [1.82, 2.24) is 10.3 Å². The number of thiazole rings is 1. The normalized spacial score (nSPS) is 15.0. The lowest BCUT2D eigenvalue weighted by atomic mass is 10.0. The third kappa shape index (κ3) is 3.24. The summed E-state index contributed by atoms with van der Waals surface area (Å²) >= 11 is 1.52. The van der Waals surface area contributed by atoms with Crippen molar-refractivity contribution in [3.63, 3.8) is 0 Å². The van der Waals surface area contributed by atoms with Gasteiger partial charge in [-0.3, -0.25) is 4.79 Å². The van der Waals surface area contributed by atoms with E-state index in [1.165, 1.54) is 11.3 Å². The van der Waals surface area contributed by atoms with Gasteiger partial charge in [0.2, 0.25) is 5.91 Å². The third-order valence-electron chi connectivity index (χ3n) is 3.52. The minimum atomic E-state index is -2.51. The van der Waals surface area contributed by atoms with E-state index < -0.39 is 13.0 Å². The van der Waals surface area contributed by atoms with Gasteiger partial charge in [-0.15, -0.1) is 11.3 Å². The van der Waals surface area contributed by atoms with Crippen LogP contribution in [0.4, 0.5) is 13.9 Å². The number of alkyl halides is 2. The fourth-order valence-electron chi connectivity index (χ4n) is 2.27. The van der Waals surface area contributed by atoms with Gasteiger partial charge in [0, 0.05) is 24.0 Å². The van der Waals surface area contributed by atoms with Crippen LogP contribution in [0.15, 0.2) is 35.7 Å². The van der Waals surface area contributed by atoms with Crippen molar-refractivity contribution in [1.29, 1.82) is 0 Å². The lowest BCUT2D eigenvalue weighted by Gasteiger charge is -2.37. The highest BCUT2D eigenvalue weighted by Crippen LogP contribution is 2.31. The molecule has 7 heteroatoms. The van der Waals surface area contributed by atoms with Gasteiger partial charge in [-0.05, 0) is 0 Å². The molecule has 0 spiro atoms. The predicted octanol–water partition coefficient (Wildman–Crippen LogP) is 2.63. The molecule has 0 radical (unpaired) electrons. The topological polar surface area (TPSA) is 45.2 Å². The van der Waals surface area contributed by atoms with Crippen LogP contribution in [0, 0.1) is 5.92 Å². The number of anilines is 1. The minimum Gasteiger partial charge on any atom is -0.350 e. The second kappa shape index (κ2) is 6.39. The van der Waals surface area contributed by atoms with Crippen LogP contribution < -0.4 is 10.2 Å². The van der Waals surface area contributed by atoms with Gasteiger partial charge < -0.3 is 10.2 Å². The zero-order valence-electron chi connectivity index (χ0n) is 11.7. The van der Waals surface area contributed by atoms with Crippen molar-refractivity contribution in [3.8, 4) is 11.3 Å². The number of benzene rings is 1. The van der Waals surface area contributed by atoms with Crippen LogP contribution in [0.1, 0.15) is 0 Å². The first-order chi connectivity index (χ1) is 10.6. The molecule has 1 amide bonds. The number of hydrogen-bond acceptors (Lipinski definition) is 4. The van der Waals surface area contributed by atoms with E-state index in [-0.39, 0.29) is 11.8 Å². The number of nitrogens with zero attached hydrogens (tertiary/aromatic N) is 2. The van der Waals surface area contributed by atoms with Crippen molar-refractivity contribution in [2.24, 2.45) is 5.92 Å². The Morgan fingerprint density at radius 2 is 2.09 bits per heavy atom. The molecule has 2 aromatic rings. The summed E-state index contributed by atoms with van der Waals surface area (Å²) in [6.07, 6.45) is -2.51. The standard InChI is InChI=1S/C15H15F2N3OS/c16-13(17)6-18-14(21)11-7-20(8-11)15-19-12(9-22-15)10-4-2-1-3-5-10/h1-5,9,11,13H,6-8H2,(H,18,21). The van der Waals surface area contributed by atoms with Crippen LogP contribution in [0.2, 0.25) is 0 Å². The number of carbonyl (C=O) groups excluding carboxylic acids is 1. The maximum Gasteiger partial charge on any atom is 0.255 e. The molecule has 0 unspecified atom stereocenters. The summed E-state index contributed by atoms with van der Waals surface area (Å²) in [6, 6.07) is 9.86.